The molecular formula is C21H29NO4. The van der Waals surface area contributed by atoms with Crippen molar-refractivity contribution in [1.82, 2.24) is 0 Å². The molecule has 0 radical (unpaired) electrons. The van der Waals surface area contributed by atoms with Crippen molar-refractivity contribution in [3.8, 4) is 0 Å². The van der Waals surface area contributed by atoms with Crippen LogP contribution in [0, 0.1) is 0 Å². The molecule has 1 aromatic heterocycles. The molecule has 2 rings (SSSR count). The Morgan fingerprint density at radius 3 is 2.46 bits per heavy atom. The average molecular weight is 359 g/mol. The molecule has 1 aromatic carbocycles. The number of hydrogen-bond acceptors (Lipinski definition) is 5. The summed E-state index contributed by atoms with van der Waals surface area (Å²) in [4.78, 5) is 26.5. The van der Waals surface area contributed by atoms with Gasteiger partial charge in [0.2, 0.25) is 0 Å². The van der Waals surface area contributed by atoms with E-state index >= 15 is 0 Å². The molecule has 2 aromatic rings. The Balaban J connectivity index is 2.09. The second-order valence-electron chi connectivity index (χ2n) is 6.39. The van der Waals surface area contributed by atoms with Crippen LogP contribution in [-0.4, -0.2) is 25.7 Å². The molecule has 0 fully saturated rings. The summed E-state index contributed by atoms with van der Waals surface area (Å²) in [5.74, 6) is -0.607. The van der Waals surface area contributed by atoms with E-state index in [0.717, 1.165) is 43.4 Å². The van der Waals surface area contributed by atoms with Crippen molar-refractivity contribution in [3.63, 3.8) is 0 Å². The Morgan fingerprint density at radius 1 is 1.04 bits per heavy atom. The minimum Gasteiger partial charge on any atom is -0.462 e. The van der Waals surface area contributed by atoms with Gasteiger partial charge in [-0.3, -0.25) is 0 Å². The molecule has 0 amide bonds. The van der Waals surface area contributed by atoms with Gasteiger partial charge in [-0.15, -0.1) is 0 Å². The standard InChI is InChI=1S/C21H29NO4/c1-4-7-8-9-10-13-25-20(23)18-14-16-11-12-17(22(5-2)6-3)15-19(16)26-21(18)24/h11-12,14-15H,4-10,13H2,1-3H3. The van der Waals surface area contributed by atoms with E-state index in [-0.39, 0.29) is 5.56 Å². The second-order valence-corrected chi connectivity index (χ2v) is 6.39. The molecule has 26 heavy (non-hydrogen) atoms. The van der Waals surface area contributed by atoms with Crippen LogP contribution in [0.5, 0.6) is 0 Å². The molecule has 0 bridgehead atoms. The molecule has 0 unspecified atom stereocenters. The molecule has 0 aliphatic heterocycles. The summed E-state index contributed by atoms with van der Waals surface area (Å²) in [7, 11) is 0. The summed E-state index contributed by atoms with van der Waals surface area (Å²) < 4.78 is 10.6. The monoisotopic (exact) mass is 359 g/mol. The first kappa shape index (κ1) is 20.0. The Hall–Kier alpha value is -2.30. The van der Waals surface area contributed by atoms with E-state index < -0.39 is 11.6 Å². The van der Waals surface area contributed by atoms with Crippen LogP contribution in [0.15, 0.2) is 33.5 Å². The molecule has 0 aliphatic carbocycles. The van der Waals surface area contributed by atoms with Gasteiger partial charge >= 0.3 is 11.6 Å². The number of nitrogens with zero attached hydrogens (tertiary/aromatic N) is 1. The van der Waals surface area contributed by atoms with Gasteiger partial charge in [-0.1, -0.05) is 32.6 Å². The van der Waals surface area contributed by atoms with Crippen LogP contribution in [0.4, 0.5) is 5.69 Å². The van der Waals surface area contributed by atoms with E-state index in [4.69, 9.17) is 9.15 Å². The SMILES string of the molecule is CCCCCCCOC(=O)c1cc2ccc(N(CC)CC)cc2oc1=O. The first-order valence-corrected chi connectivity index (χ1v) is 9.60. The highest BCUT2D eigenvalue weighted by Gasteiger charge is 2.16. The highest BCUT2D eigenvalue weighted by Crippen LogP contribution is 2.22. The molecule has 5 heteroatoms. The largest absolute Gasteiger partial charge is 0.462 e. The van der Waals surface area contributed by atoms with Crippen LogP contribution in [0.3, 0.4) is 0 Å². The molecule has 0 saturated carbocycles. The van der Waals surface area contributed by atoms with E-state index in [9.17, 15) is 9.59 Å². The van der Waals surface area contributed by atoms with E-state index in [1.54, 1.807) is 6.07 Å². The number of carbonyl (C=O) groups is 1. The first-order valence-electron chi connectivity index (χ1n) is 9.60. The molecular weight excluding hydrogens is 330 g/mol. The Kier molecular flexibility index (Phi) is 7.70. The molecule has 0 aliphatic rings. The van der Waals surface area contributed by atoms with Crippen molar-refractivity contribution >= 4 is 22.6 Å². The Morgan fingerprint density at radius 2 is 1.77 bits per heavy atom. The topological polar surface area (TPSA) is 59.8 Å². The molecule has 142 valence electrons. The van der Waals surface area contributed by atoms with E-state index in [0.29, 0.717) is 12.2 Å². The number of anilines is 1. The number of esters is 1. The van der Waals surface area contributed by atoms with Gasteiger partial charge in [-0.2, -0.15) is 0 Å². The number of fused-ring (bicyclic) bond motifs is 1. The third-order valence-electron chi connectivity index (χ3n) is 4.55. The van der Waals surface area contributed by atoms with Crippen LogP contribution in [-0.2, 0) is 4.74 Å². The fourth-order valence-electron chi connectivity index (χ4n) is 2.98. The van der Waals surface area contributed by atoms with E-state index in [1.165, 1.54) is 12.8 Å². The average Bonchev–Trinajstić information content (AvgIpc) is 2.64. The van der Waals surface area contributed by atoms with E-state index in [1.807, 2.05) is 18.2 Å². The fourth-order valence-corrected chi connectivity index (χ4v) is 2.98. The zero-order chi connectivity index (χ0) is 18.9. The number of hydrogen-bond donors (Lipinski definition) is 0. The molecule has 0 N–H and O–H groups in total. The minimum absolute atomic E-state index is 0.0401. The van der Waals surface area contributed by atoms with Gasteiger partial charge in [0.25, 0.3) is 0 Å². The summed E-state index contributed by atoms with van der Waals surface area (Å²) in [6.45, 7) is 8.38. The number of carbonyl (C=O) groups excluding carboxylic acids is 1. The van der Waals surface area contributed by atoms with E-state index in [2.05, 4.69) is 25.7 Å². The summed E-state index contributed by atoms with van der Waals surface area (Å²) in [6, 6.07) is 7.24. The molecule has 0 saturated heterocycles. The lowest BCUT2D eigenvalue weighted by Gasteiger charge is -2.20. The van der Waals surface area contributed by atoms with Crippen molar-refractivity contribution in [1.29, 1.82) is 0 Å². The smallest absolute Gasteiger partial charge is 0.351 e. The summed E-state index contributed by atoms with van der Waals surface area (Å²) in [6.07, 6.45) is 5.35. The number of rotatable bonds is 10. The molecule has 0 spiro atoms. The van der Waals surface area contributed by atoms with Crippen molar-refractivity contribution < 1.29 is 13.9 Å². The highest BCUT2D eigenvalue weighted by molar-refractivity contribution is 5.93. The summed E-state index contributed by atoms with van der Waals surface area (Å²) in [5.41, 5.74) is 0.787. The molecule has 1 heterocycles. The summed E-state index contributed by atoms with van der Waals surface area (Å²) >= 11 is 0. The lowest BCUT2D eigenvalue weighted by molar-refractivity contribution is 0.0493. The van der Waals surface area contributed by atoms with Crippen molar-refractivity contribution in [2.45, 2.75) is 52.9 Å². The van der Waals surface area contributed by atoms with Crippen molar-refractivity contribution in [2.24, 2.45) is 0 Å². The number of ether oxygens (including phenoxy) is 1. The predicted molar refractivity (Wildman–Crippen MR) is 105 cm³/mol. The van der Waals surface area contributed by atoms with Crippen LogP contribution in [0.1, 0.15) is 63.2 Å². The highest BCUT2D eigenvalue weighted by atomic mass is 16.5. The van der Waals surface area contributed by atoms with Crippen LogP contribution < -0.4 is 10.5 Å². The van der Waals surface area contributed by atoms with Gasteiger partial charge in [0.15, 0.2) is 0 Å². The Labute approximate surface area is 154 Å². The zero-order valence-electron chi connectivity index (χ0n) is 16.0. The maximum Gasteiger partial charge on any atom is 0.351 e. The Bertz CT molecular complexity index is 777. The lowest BCUT2D eigenvalue weighted by Crippen LogP contribution is -2.21. The van der Waals surface area contributed by atoms with Gasteiger partial charge in [0.05, 0.1) is 6.61 Å². The van der Waals surface area contributed by atoms with Crippen molar-refractivity contribution in [3.05, 3.63) is 40.2 Å². The maximum absolute atomic E-state index is 12.2. The number of benzene rings is 1. The van der Waals surface area contributed by atoms with Gasteiger partial charge in [0, 0.05) is 30.2 Å². The number of unbranched alkanes of at least 4 members (excludes halogenated alkanes) is 4. The minimum atomic E-state index is -0.648. The van der Waals surface area contributed by atoms with Crippen LogP contribution >= 0.6 is 0 Å². The lowest BCUT2D eigenvalue weighted by atomic mass is 10.1. The van der Waals surface area contributed by atoms with Gasteiger partial charge in [-0.25, -0.2) is 9.59 Å². The fraction of sp³-hybridized carbons (Fsp3) is 0.524. The first-order chi connectivity index (χ1) is 12.6. The molecule has 5 nitrogen and oxygen atoms in total. The maximum atomic E-state index is 12.2. The van der Waals surface area contributed by atoms with Gasteiger partial charge in [-0.05, 0) is 38.5 Å². The van der Waals surface area contributed by atoms with Crippen LogP contribution in [0.25, 0.3) is 11.0 Å². The zero-order valence-corrected chi connectivity index (χ0v) is 16.0. The third-order valence-corrected chi connectivity index (χ3v) is 4.55. The molecule has 0 atom stereocenters. The normalized spacial score (nSPS) is 10.9. The third kappa shape index (κ3) is 5.10. The van der Waals surface area contributed by atoms with Gasteiger partial charge in [0.1, 0.15) is 11.1 Å². The second kappa shape index (κ2) is 10.00. The summed E-state index contributed by atoms with van der Waals surface area (Å²) in [5, 5.41) is 0.718. The quantitative estimate of drug-likeness (QED) is 0.347. The van der Waals surface area contributed by atoms with Crippen LogP contribution in [0.2, 0.25) is 0 Å². The predicted octanol–water partition coefficient (Wildman–Crippen LogP) is 4.77. The van der Waals surface area contributed by atoms with Gasteiger partial charge < -0.3 is 14.1 Å². The van der Waals surface area contributed by atoms with Crippen molar-refractivity contribution in [2.75, 3.05) is 24.6 Å².